The van der Waals surface area contributed by atoms with Gasteiger partial charge < -0.3 is 9.88 Å². The summed E-state index contributed by atoms with van der Waals surface area (Å²) in [6.45, 7) is 4.54. The number of carbonyl (C=O) groups excluding carboxylic acids is 1. The second-order valence-electron chi connectivity index (χ2n) is 7.78. The van der Waals surface area contributed by atoms with E-state index >= 15 is 0 Å². The molecule has 0 radical (unpaired) electrons. The van der Waals surface area contributed by atoms with Crippen molar-refractivity contribution >= 4 is 50.6 Å². The molecule has 1 N–H and O–H groups in total. The Morgan fingerprint density at radius 3 is 2.84 bits per heavy atom. The normalized spacial score (nSPS) is 14.9. The molecule has 4 aromatic rings. The predicted octanol–water partition coefficient (Wildman–Crippen LogP) is 3.20. The van der Waals surface area contributed by atoms with Crippen molar-refractivity contribution in [3.05, 3.63) is 57.3 Å². The van der Waals surface area contributed by atoms with Gasteiger partial charge in [0.2, 0.25) is 5.91 Å². The lowest BCUT2D eigenvalue weighted by Crippen LogP contribution is -2.47. The lowest BCUT2D eigenvalue weighted by Gasteiger charge is -2.32. The monoisotopic (exact) mass is 455 g/mol. The smallest absolute Gasteiger partial charge is 0.259 e. The summed E-state index contributed by atoms with van der Waals surface area (Å²) >= 11 is 1.63. The molecular formula is C22H22ClN5O2S. The van der Waals surface area contributed by atoms with E-state index in [-0.39, 0.29) is 23.9 Å². The Morgan fingerprint density at radius 2 is 2.03 bits per heavy atom. The number of thiophene rings is 1. The van der Waals surface area contributed by atoms with Crippen LogP contribution in [0.3, 0.4) is 0 Å². The van der Waals surface area contributed by atoms with Crippen molar-refractivity contribution in [2.24, 2.45) is 0 Å². The zero-order valence-corrected chi connectivity index (χ0v) is 18.8. The van der Waals surface area contributed by atoms with E-state index in [1.807, 2.05) is 37.6 Å². The maximum Gasteiger partial charge on any atom is 0.259 e. The van der Waals surface area contributed by atoms with Crippen LogP contribution in [-0.2, 0) is 11.3 Å². The summed E-state index contributed by atoms with van der Waals surface area (Å²) in [5, 5.41) is 3.66. The molecule has 0 unspecified atom stereocenters. The van der Waals surface area contributed by atoms with Gasteiger partial charge in [-0.2, -0.15) is 0 Å². The number of piperazine rings is 1. The number of benzene rings is 1. The molecule has 9 heteroatoms. The number of hydrogen-bond acceptors (Lipinski definition) is 6. The Morgan fingerprint density at radius 1 is 1.19 bits per heavy atom. The molecule has 0 spiro atoms. The van der Waals surface area contributed by atoms with Gasteiger partial charge in [-0.25, -0.2) is 4.98 Å². The molecule has 5 rings (SSSR count). The van der Waals surface area contributed by atoms with Crippen LogP contribution in [0.4, 0.5) is 0 Å². The number of pyridine rings is 1. The quantitative estimate of drug-likeness (QED) is 0.513. The van der Waals surface area contributed by atoms with Gasteiger partial charge >= 0.3 is 0 Å². The van der Waals surface area contributed by atoms with Gasteiger partial charge in [-0.15, -0.1) is 23.7 Å². The van der Waals surface area contributed by atoms with Crippen LogP contribution in [0.25, 0.3) is 32.5 Å². The fourth-order valence-corrected chi connectivity index (χ4v) is 4.69. The molecule has 31 heavy (non-hydrogen) atoms. The number of aromatic amines is 1. The molecule has 1 aliphatic rings. The average Bonchev–Trinajstić information content (AvgIpc) is 3.19. The summed E-state index contributed by atoms with van der Waals surface area (Å²) in [7, 11) is 1.83. The summed E-state index contributed by atoms with van der Waals surface area (Å²) < 4.78 is 1.11. The second kappa shape index (κ2) is 8.37. The highest BCUT2D eigenvalue weighted by Gasteiger charge is 2.21. The topological polar surface area (TPSA) is 82.2 Å². The highest BCUT2D eigenvalue weighted by atomic mass is 35.5. The number of halogens is 1. The van der Waals surface area contributed by atoms with Gasteiger partial charge in [0.05, 0.1) is 17.4 Å². The van der Waals surface area contributed by atoms with Crippen LogP contribution in [0.1, 0.15) is 11.1 Å². The number of nitrogens with zero attached hydrogens (tertiary/aromatic N) is 4. The van der Waals surface area contributed by atoms with Crippen molar-refractivity contribution in [1.29, 1.82) is 0 Å². The Bertz CT molecular complexity index is 1350. The van der Waals surface area contributed by atoms with E-state index in [9.17, 15) is 9.59 Å². The van der Waals surface area contributed by atoms with Crippen LogP contribution in [0, 0.1) is 6.92 Å². The first-order valence-corrected chi connectivity index (χ1v) is 10.7. The van der Waals surface area contributed by atoms with Crippen molar-refractivity contribution < 1.29 is 4.79 Å². The highest BCUT2D eigenvalue weighted by Crippen LogP contribution is 2.25. The summed E-state index contributed by atoms with van der Waals surface area (Å²) in [4.78, 5) is 40.8. The first-order valence-electron chi connectivity index (χ1n) is 9.81. The van der Waals surface area contributed by atoms with Gasteiger partial charge in [0, 0.05) is 43.0 Å². The first-order chi connectivity index (χ1) is 14.5. The average molecular weight is 456 g/mol. The third kappa shape index (κ3) is 4.06. The number of amides is 1. The molecule has 4 heterocycles. The lowest BCUT2D eigenvalue weighted by molar-refractivity contribution is -0.134. The van der Waals surface area contributed by atoms with Crippen LogP contribution in [0.15, 0.2) is 40.6 Å². The zero-order valence-electron chi connectivity index (χ0n) is 17.2. The van der Waals surface area contributed by atoms with Crippen LogP contribution >= 0.6 is 23.7 Å². The Balaban J connectivity index is 0.00000231. The van der Waals surface area contributed by atoms with Crippen molar-refractivity contribution in [2.45, 2.75) is 13.5 Å². The molecule has 1 fully saturated rings. The number of rotatable bonds is 3. The zero-order chi connectivity index (χ0) is 20.8. The lowest BCUT2D eigenvalue weighted by atomic mass is 10.1. The van der Waals surface area contributed by atoms with Crippen LogP contribution in [-0.4, -0.2) is 57.3 Å². The van der Waals surface area contributed by atoms with Gasteiger partial charge in [0.25, 0.3) is 5.56 Å². The minimum Gasteiger partial charge on any atom is -0.343 e. The second-order valence-corrected chi connectivity index (χ2v) is 8.73. The number of H-pyrrole nitrogens is 1. The number of hydrogen-bond donors (Lipinski definition) is 1. The number of carbonyl (C=O) groups is 1. The molecule has 0 aliphatic carbocycles. The van der Waals surface area contributed by atoms with Gasteiger partial charge in [0.1, 0.15) is 5.69 Å². The molecule has 0 bridgehead atoms. The van der Waals surface area contributed by atoms with Crippen LogP contribution in [0.5, 0.6) is 0 Å². The fourth-order valence-electron chi connectivity index (χ4n) is 3.89. The Kier molecular flexibility index (Phi) is 5.79. The number of nitrogens with one attached hydrogen (secondary N) is 1. The van der Waals surface area contributed by atoms with Crippen molar-refractivity contribution in [3.8, 4) is 11.5 Å². The Hall–Kier alpha value is -2.81. The molecule has 1 amide bonds. The number of fused-ring (bicyclic) bond motifs is 2. The Labute approximate surface area is 189 Å². The van der Waals surface area contributed by atoms with E-state index in [1.54, 1.807) is 22.4 Å². The molecular weight excluding hydrogens is 434 g/mol. The van der Waals surface area contributed by atoms with E-state index in [0.717, 1.165) is 34.3 Å². The number of aromatic nitrogens is 3. The molecule has 3 aromatic heterocycles. The summed E-state index contributed by atoms with van der Waals surface area (Å²) in [6, 6.07) is 7.92. The largest absolute Gasteiger partial charge is 0.343 e. The van der Waals surface area contributed by atoms with E-state index < -0.39 is 0 Å². The van der Waals surface area contributed by atoms with Crippen molar-refractivity contribution in [2.75, 3.05) is 26.7 Å². The minimum absolute atomic E-state index is 0. The van der Waals surface area contributed by atoms with Gasteiger partial charge in [0.15, 0.2) is 5.82 Å². The maximum atomic E-state index is 12.9. The summed E-state index contributed by atoms with van der Waals surface area (Å²) in [5.41, 5.74) is 3.11. The van der Waals surface area contributed by atoms with E-state index in [4.69, 9.17) is 4.98 Å². The van der Waals surface area contributed by atoms with Gasteiger partial charge in [-0.3, -0.25) is 19.5 Å². The molecule has 0 atom stereocenters. The van der Waals surface area contributed by atoms with Crippen molar-refractivity contribution in [3.63, 3.8) is 0 Å². The number of aryl methyl sites for hydroxylation is 1. The van der Waals surface area contributed by atoms with Gasteiger partial charge in [-0.1, -0.05) is 6.07 Å². The van der Waals surface area contributed by atoms with Gasteiger partial charge in [-0.05, 0) is 41.6 Å². The number of likely N-dealkylation sites (N-methyl/N-ethyl adjacent to an activating group) is 1. The van der Waals surface area contributed by atoms with E-state index in [1.165, 1.54) is 0 Å². The maximum absolute atomic E-state index is 12.9. The molecule has 160 valence electrons. The highest BCUT2D eigenvalue weighted by molar-refractivity contribution is 7.17. The SMILES string of the molecule is Cc1cc(CN2CCN(C)C(=O)C2)cc2c(=O)[nH]c(-c3cc4sccc4cn3)nc12.Cl. The molecule has 1 aromatic carbocycles. The van der Waals surface area contributed by atoms with Crippen LogP contribution in [0.2, 0.25) is 0 Å². The van der Waals surface area contributed by atoms with E-state index in [2.05, 4.69) is 20.9 Å². The third-order valence-electron chi connectivity index (χ3n) is 5.58. The first kappa shape index (κ1) is 21.4. The molecule has 0 saturated carbocycles. The molecule has 1 aliphatic heterocycles. The van der Waals surface area contributed by atoms with Crippen LogP contribution < -0.4 is 5.56 Å². The summed E-state index contributed by atoms with van der Waals surface area (Å²) in [6.07, 6.45) is 1.80. The predicted molar refractivity (Wildman–Crippen MR) is 126 cm³/mol. The van der Waals surface area contributed by atoms with E-state index in [0.29, 0.717) is 35.5 Å². The minimum atomic E-state index is -0.178. The van der Waals surface area contributed by atoms with Crippen molar-refractivity contribution in [1.82, 2.24) is 24.8 Å². The molecule has 1 saturated heterocycles. The molecule has 7 nitrogen and oxygen atoms in total. The third-order valence-corrected chi connectivity index (χ3v) is 6.46. The summed E-state index contributed by atoms with van der Waals surface area (Å²) in [5.74, 6) is 0.599. The standard InChI is InChI=1S/C22H21N5O2S.ClH/c1-13-7-14(11-27-5-4-26(2)19(28)12-27)8-16-20(13)24-21(25-22(16)29)17-9-18-15(10-23-17)3-6-30-18;/h3,6-10H,4-5,11-12H2,1-2H3,(H,24,25,29);1H. The fraction of sp³-hybridized carbons (Fsp3) is 0.273.